The topological polar surface area (TPSA) is 35.0 Å². The van der Waals surface area contributed by atoms with E-state index in [1.54, 1.807) is 31.3 Å². The van der Waals surface area contributed by atoms with Crippen molar-refractivity contribution in [3.05, 3.63) is 18.0 Å². The molecule has 1 rings (SSSR count). The lowest BCUT2D eigenvalue weighted by molar-refractivity contribution is 0.379. The number of nitrogens with zero attached hydrogens (tertiary/aromatic N) is 2. The molecule has 0 saturated carbocycles. The lowest BCUT2D eigenvalue weighted by Gasteiger charge is -2.05. The summed E-state index contributed by atoms with van der Waals surface area (Å²) in [5, 5.41) is 0. The molecular formula is C7H10N2OS2. The van der Waals surface area contributed by atoms with Gasteiger partial charge in [-0.2, -0.15) is 12.6 Å². The van der Waals surface area contributed by atoms with Crippen LogP contribution in [-0.4, -0.2) is 23.3 Å². The fraction of sp³-hybridized carbons (Fsp3) is 0.429. The highest BCUT2D eigenvalue weighted by molar-refractivity contribution is 8.09. The van der Waals surface area contributed by atoms with Gasteiger partial charge in [0.25, 0.3) is 0 Å². The van der Waals surface area contributed by atoms with Crippen LogP contribution in [-0.2, 0) is 0 Å². The molecule has 1 aromatic rings. The van der Waals surface area contributed by atoms with Gasteiger partial charge >= 0.3 is 6.01 Å². The van der Waals surface area contributed by atoms with Gasteiger partial charge in [-0.1, -0.05) is 0 Å². The van der Waals surface area contributed by atoms with Gasteiger partial charge in [0, 0.05) is 18.0 Å². The summed E-state index contributed by atoms with van der Waals surface area (Å²) in [6, 6.07) is 0.389. The number of thiol groups is 1. The van der Waals surface area contributed by atoms with Crippen LogP contribution < -0.4 is 4.74 Å². The highest BCUT2D eigenvalue weighted by atomic mass is 32.2. The maximum absolute atomic E-state index is 4.83. The normalized spacial score (nSPS) is 12.6. The van der Waals surface area contributed by atoms with Crippen molar-refractivity contribution in [2.45, 2.75) is 4.58 Å². The molecule has 0 bridgehead atoms. The van der Waals surface area contributed by atoms with Crippen molar-refractivity contribution in [1.29, 1.82) is 0 Å². The zero-order valence-corrected chi connectivity index (χ0v) is 8.60. The molecule has 0 spiro atoms. The van der Waals surface area contributed by atoms with E-state index >= 15 is 0 Å². The second-order valence-corrected chi connectivity index (χ2v) is 3.90. The molecule has 5 heteroatoms. The van der Waals surface area contributed by atoms with Gasteiger partial charge in [0.1, 0.15) is 0 Å². The Hall–Kier alpha value is -0.420. The average Bonchev–Trinajstić information content (AvgIpc) is 2.17. The predicted octanol–water partition coefficient (Wildman–Crippen LogP) is 1.78. The van der Waals surface area contributed by atoms with Crippen molar-refractivity contribution in [3.8, 4) is 6.01 Å². The van der Waals surface area contributed by atoms with Crippen LogP contribution in [0.15, 0.2) is 12.4 Å². The van der Waals surface area contributed by atoms with Gasteiger partial charge in [-0.15, -0.1) is 11.8 Å². The zero-order chi connectivity index (χ0) is 8.97. The molecule has 1 heterocycles. The van der Waals surface area contributed by atoms with E-state index in [9.17, 15) is 0 Å². The molecule has 0 radical (unpaired) electrons. The van der Waals surface area contributed by atoms with Gasteiger partial charge in [0.2, 0.25) is 0 Å². The van der Waals surface area contributed by atoms with Crippen LogP contribution in [0.5, 0.6) is 6.01 Å². The molecule has 0 aromatic carbocycles. The van der Waals surface area contributed by atoms with E-state index in [0.29, 0.717) is 6.01 Å². The van der Waals surface area contributed by atoms with E-state index in [2.05, 4.69) is 22.6 Å². The molecule has 0 N–H and O–H groups in total. The SMILES string of the molecule is COc1ncc(C(S)SC)cn1. The summed E-state index contributed by atoms with van der Waals surface area (Å²) >= 11 is 5.96. The van der Waals surface area contributed by atoms with E-state index in [4.69, 9.17) is 4.74 Å². The molecule has 1 atom stereocenters. The Balaban J connectivity index is 2.77. The van der Waals surface area contributed by atoms with Crippen LogP contribution >= 0.6 is 24.4 Å². The Labute approximate surface area is 81.4 Å². The number of methoxy groups -OCH3 is 1. The Morgan fingerprint density at radius 1 is 1.50 bits per heavy atom. The molecule has 0 amide bonds. The van der Waals surface area contributed by atoms with Gasteiger partial charge in [0.05, 0.1) is 11.7 Å². The Kier molecular flexibility index (Phi) is 3.68. The third kappa shape index (κ3) is 2.28. The monoisotopic (exact) mass is 202 g/mol. The van der Waals surface area contributed by atoms with Crippen molar-refractivity contribution in [1.82, 2.24) is 9.97 Å². The van der Waals surface area contributed by atoms with Gasteiger partial charge in [0.15, 0.2) is 0 Å². The second-order valence-electron chi connectivity index (χ2n) is 2.09. The summed E-state index contributed by atoms with van der Waals surface area (Å²) in [5.74, 6) is 0. The third-order valence-electron chi connectivity index (χ3n) is 1.34. The quantitative estimate of drug-likeness (QED) is 0.598. The van der Waals surface area contributed by atoms with E-state index in [1.165, 1.54) is 0 Å². The number of rotatable bonds is 3. The molecular weight excluding hydrogens is 192 g/mol. The Morgan fingerprint density at radius 3 is 2.50 bits per heavy atom. The molecule has 0 aliphatic heterocycles. The zero-order valence-electron chi connectivity index (χ0n) is 6.89. The van der Waals surface area contributed by atoms with Crippen molar-refractivity contribution in [2.75, 3.05) is 13.4 Å². The number of ether oxygens (including phenoxy) is 1. The predicted molar refractivity (Wildman–Crippen MR) is 53.8 cm³/mol. The molecule has 1 aromatic heterocycles. The standard InChI is InChI=1S/C7H10N2OS2/c1-10-7-8-3-5(4-9-7)6(11)12-2/h3-4,6,11H,1-2H3. The highest BCUT2D eigenvalue weighted by Crippen LogP contribution is 2.29. The van der Waals surface area contributed by atoms with Gasteiger partial charge in [-0.3, -0.25) is 0 Å². The van der Waals surface area contributed by atoms with Crippen molar-refractivity contribution >= 4 is 24.4 Å². The van der Waals surface area contributed by atoms with Crippen LogP contribution in [0.1, 0.15) is 10.1 Å². The summed E-state index contributed by atoms with van der Waals surface area (Å²) in [5.41, 5.74) is 0.992. The number of aromatic nitrogens is 2. The maximum atomic E-state index is 4.83. The number of thioether (sulfide) groups is 1. The summed E-state index contributed by atoms with van der Waals surface area (Å²) < 4.78 is 4.96. The minimum Gasteiger partial charge on any atom is -0.467 e. The second kappa shape index (κ2) is 4.57. The lowest BCUT2D eigenvalue weighted by atomic mass is 10.4. The summed E-state index contributed by atoms with van der Waals surface area (Å²) in [4.78, 5) is 7.94. The largest absolute Gasteiger partial charge is 0.467 e. The van der Waals surface area contributed by atoms with Crippen molar-refractivity contribution in [2.24, 2.45) is 0 Å². The van der Waals surface area contributed by atoms with Crippen LogP contribution in [0, 0.1) is 0 Å². The molecule has 12 heavy (non-hydrogen) atoms. The van der Waals surface area contributed by atoms with Crippen LogP contribution in [0.3, 0.4) is 0 Å². The molecule has 0 aliphatic carbocycles. The van der Waals surface area contributed by atoms with Gasteiger partial charge in [-0.25, -0.2) is 9.97 Å². The van der Waals surface area contributed by atoms with E-state index in [1.807, 2.05) is 6.26 Å². The average molecular weight is 202 g/mol. The lowest BCUT2D eigenvalue weighted by Crippen LogP contribution is -1.93. The van der Waals surface area contributed by atoms with E-state index < -0.39 is 0 Å². The Bertz CT molecular complexity index is 240. The van der Waals surface area contributed by atoms with Crippen LogP contribution in [0.2, 0.25) is 0 Å². The number of hydrogen-bond donors (Lipinski definition) is 1. The fourth-order valence-electron chi connectivity index (χ4n) is 0.695. The van der Waals surface area contributed by atoms with Crippen molar-refractivity contribution < 1.29 is 4.74 Å². The first-order chi connectivity index (χ1) is 5.77. The summed E-state index contributed by atoms with van der Waals surface area (Å²) in [6.45, 7) is 0. The first kappa shape index (κ1) is 9.67. The minimum atomic E-state index is 0.135. The van der Waals surface area contributed by atoms with Gasteiger partial charge in [-0.05, 0) is 6.26 Å². The van der Waals surface area contributed by atoms with E-state index in [0.717, 1.165) is 5.56 Å². The molecule has 1 unspecified atom stereocenters. The maximum Gasteiger partial charge on any atom is 0.316 e. The van der Waals surface area contributed by atoms with E-state index in [-0.39, 0.29) is 4.58 Å². The first-order valence-corrected chi connectivity index (χ1v) is 5.15. The first-order valence-electron chi connectivity index (χ1n) is 3.34. The molecule has 0 saturated heterocycles. The van der Waals surface area contributed by atoms with Crippen molar-refractivity contribution in [3.63, 3.8) is 0 Å². The third-order valence-corrected chi connectivity index (χ3v) is 2.99. The highest BCUT2D eigenvalue weighted by Gasteiger charge is 2.04. The summed E-state index contributed by atoms with van der Waals surface area (Å²) in [7, 11) is 1.54. The molecule has 0 aliphatic rings. The smallest absolute Gasteiger partial charge is 0.316 e. The van der Waals surface area contributed by atoms with Crippen LogP contribution in [0.25, 0.3) is 0 Å². The molecule has 66 valence electrons. The van der Waals surface area contributed by atoms with Crippen LogP contribution in [0.4, 0.5) is 0 Å². The fourth-order valence-corrected chi connectivity index (χ4v) is 1.22. The molecule has 3 nitrogen and oxygen atoms in total. The Morgan fingerprint density at radius 2 is 2.08 bits per heavy atom. The number of hydrogen-bond acceptors (Lipinski definition) is 5. The van der Waals surface area contributed by atoms with Gasteiger partial charge < -0.3 is 4.74 Å². The summed E-state index contributed by atoms with van der Waals surface area (Å²) in [6.07, 6.45) is 5.43. The molecule has 0 fully saturated rings. The minimum absolute atomic E-state index is 0.135.